The molecule has 4 rings (SSSR count). The molecule has 3 aromatic carbocycles. The molecule has 0 spiro atoms. The molecule has 1 N–H and O–H groups in total. The predicted molar refractivity (Wildman–Crippen MR) is 147 cm³/mol. The number of carbonyl (C=O) groups excluding carboxylic acids is 1. The van der Waals surface area contributed by atoms with E-state index in [1.165, 1.54) is 0 Å². The van der Waals surface area contributed by atoms with Gasteiger partial charge in [-0.2, -0.15) is 0 Å². The van der Waals surface area contributed by atoms with Crippen LogP contribution < -0.4 is 0 Å². The summed E-state index contributed by atoms with van der Waals surface area (Å²) in [5.74, 6) is -1.59. The van der Waals surface area contributed by atoms with E-state index in [1.54, 1.807) is 20.8 Å². The fraction of sp³-hybridized carbons (Fsp3) is 0.406. The molecule has 1 aliphatic heterocycles. The van der Waals surface area contributed by atoms with E-state index in [2.05, 4.69) is 0 Å². The van der Waals surface area contributed by atoms with Crippen LogP contribution in [0.15, 0.2) is 91.0 Å². The molecule has 7 heteroatoms. The van der Waals surface area contributed by atoms with E-state index in [1.807, 2.05) is 91.0 Å². The maximum atomic E-state index is 12.3. The molecule has 7 nitrogen and oxygen atoms in total. The summed E-state index contributed by atoms with van der Waals surface area (Å²) >= 11 is 0. The van der Waals surface area contributed by atoms with Crippen molar-refractivity contribution in [3.05, 3.63) is 108 Å². The van der Waals surface area contributed by atoms with Gasteiger partial charge in [0, 0.05) is 0 Å². The zero-order chi connectivity index (χ0) is 27.7. The van der Waals surface area contributed by atoms with Crippen molar-refractivity contribution in [2.75, 3.05) is 6.61 Å². The predicted octanol–water partition coefficient (Wildman–Crippen LogP) is 5.36. The second kappa shape index (κ2) is 13.8. The number of benzene rings is 3. The summed E-state index contributed by atoms with van der Waals surface area (Å²) in [4.78, 5) is 12.3. The zero-order valence-corrected chi connectivity index (χ0v) is 22.8. The lowest BCUT2D eigenvalue weighted by Gasteiger charge is -2.49. The SMILES string of the molecule is CCOC(=O)C[C@@H](O)[C@@H]1OC(C)(C)O[C@H]([C@H](OCc2ccccc2)c2ccccc2)[C@@H]1OCc1ccccc1. The van der Waals surface area contributed by atoms with E-state index in [-0.39, 0.29) is 19.6 Å². The smallest absolute Gasteiger partial charge is 0.308 e. The molecule has 1 heterocycles. The van der Waals surface area contributed by atoms with Crippen molar-refractivity contribution in [1.82, 2.24) is 0 Å². The van der Waals surface area contributed by atoms with Gasteiger partial charge in [0.1, 0.15) is 24.4 Å². The van der Waals surface area contributed by atoms with Crippen molar-refractivity contribution in [3.8, 4) is 0 Å². The Hall–Kier alpha value is -3.07. The molecule has 39 heavy (non-hydrogen) atoms. The van der Waals surface area contributed by atoms with E-state index in [0.717, 1.165) is 16.7 Å². The number of hydrogen-bond donors (Lipinski definition) is 1. The summed E-state index contributed by atoms with van der Waals surface area (Å²) in [6.07, 6.45) is -4.26. The molecular formula is C32H38O7. The van der Waals surface area contributed by atoms with Crippen molar-refractivity contribution in [1.29, 1.82) is 0 Å². The Kier molecular flexibility index (Phi) is 10.3. The molecule has 0 amide bonds. The molecular weight excluding hydrogens is 496 g/mol. The molecule has 0 bridgehead atoms. The van der Waals surface area contributed by atoms with Gasteiger partial charge in [0.25, 0.3) is 0 Å². The fourth-order valence-electron chi connectivity index (χ4n) is 4.78. The number of aliphatic hydroxyl groups is 1. The summed E-state index contributed by atoms with van der Waals surface area (Å²) < 4.78 is 30.9. The van der Waals surface area contributed by atoms with Crippen molar-refractivity contribution in [2.45, 2.75) is 76.7 Å². The number of esters is 1. The van der Waals surface area contributed by atoms with Gasteiger partial charge in [0.2, 0.25) is 0 Å². The Morgan fingerprint density at radius 2 is 1.38 bits per heavy atom. The summed E-state index contributed by atoms with van der Waals surface area (Å²) in [6, 6.07) is 29.5. The maximum absolute atomic E-state index is 12.3. The lowest BCUT2D eigenvalue weighted by atomic mass is 9.91. The van der Waals surface area contributed by atoms with Crippen LogP contribution in [-0.2, 0) is 41.7 Å². The van der Waals surface area contributed by atoms with Gasteiger partial charge in [0.05, 0.1) is 32.3 Å². The zero-order valence-electron chi connectivity index (χ0n) is 22.8. The highest BCUT2D eigenvalue weighted by atomic mass is 16.7. The molecule has 0 radical (unpaired) electrons. The summed E-state index contributed by atoms with van der Waals surface area (Å²) in [5, 5.41) is 11.2. The molecule has 1 aliphatic rings. The third kappa shape index (κ3) is 8.21. The monoisotopic (exact) mass is 534 g/mol. The van der Waals surface area contributed by atoms with Crippen LogP contribution in [0.4, 0.5) is 0 Å². The Morgan fingerprint density at radius 3 is 1.97 bits per heavy atom. The Balaban J connectivity index is 1.68. The molecule has 1 saturated heterocycles. The van der Waals surface area contributed by atoms with Crippen molar-refractivity contribution in [2.24, 2.45) is 0 Å². The van der Waals surface area contributed by atoms with Crippen LogP contribution in [0.3, 0.4) is 0 Å². The third-order valence-electron chi connectivity index (χ3n) is 6.53. The quantitative estimate of drug-likeness (QED) is 0.313. The standard InChI is InChI=1S/C32H38O7/c1-4-35-27(34)20-26(33)29-30(37-22-24-16-10-6-11-17-24)31(39-32(2,3)38-29)28(25-18-12-7-13-19-25)36-21-23-14-8-5-9-15-23/h5-19,26,28-31,33H,4,20-22H2,1-3H3/t26-,28-,29+,30-,31-/m1/s1. The van der Waals surface area contributed by atoms with Gasteiger partial charge in [-0.05, 0) is 37.5 Å². The van der Waals surface area contributed by atoms with Gasteiger partial charge < -0.3 is 28.8 Å². The number of aliphatic hydroxyl groups excluding tert-OH is 1. The minimum Gasteiger partial charge on any atom is -0.466 e. The maximum Gasteiger partial charge on any atom is 0.308 e. The normalized spacial score (nSPS) is 22.1. The topological polar surface area (TPSA) is 83.5 Å². The van der Waals surface area contributed by atoms with E-state index < -0.39 is 42.3 Å². The third-order valence-corrected chi connectivity index (χ3v) is 6.53. The van der Waals surface area contributed by atoms with Crippen LogP contribution >= 0.6 is 0 Å². The van der Waals surface area contributed by atoms with E-state index in [0.29, 0.717) is 6.61 Å². The van der Waals surface area contributed by atoms with Crippen LogP contribution in [0.2, 0.25) is 0 Å². The summed E-state index contributed by atoms with van der Waals surface area (Å²) in [6.45, 7) is 6.15. The number of ether oxygens (including phenoxy) is 5. The average molecular weight is 535 g/mol. The molecule has 208 valence electrons. The largest absolute Gasteiger partial charge is 0.466 e. The first kappa shape index (κ1) is 28.9. The highest BCUT2D eigenvalue weighted by Gasteiger charge is 2.50. The van der Waals surface area contributed by atoms with Gasteiger partial charge in [-0.15, -0.1) is 0 Å². The van der Waals surface area contributed by atoms with Crippen LogP contribution in [0.5, 0.6) is 0 Å². The fourth-order valence-corrected chi connectivity index (χ4v) is 4.78. The molecule has 5 atom stereocenters. The van der Waals surface area contributed by atoms with Crippen molar-refractivity contribution >= 4 is 5.97 Å². The second-order valence-electron chi connectivity index (χ2n) is 10.0. The Bertz CT molecular complexity index is 1140. The van der Waals surface area contributed by atoms with Gasteiger partial charge in [-0.3, -0.25) is 4.79 Å². The van der Waals surface area contributed by atoms with Gasteiger partial charge >= 0.3 is 5.97 Å². The average Bonchev–Trinajstić information content (AvgIpc) is 2.94. The first-order chi connectivity index (χ1) is 18.9. The van der Waals surface area contributed by atoms with Crippen molar-refractivity contribution in [3.63, 3.8) is 0 Å². The van der Waals surface area contributed by atoms with Crippen LogP contribution in [-0.4, -0.2) is 47.9 Å². The van der Waals surface area contributed by atoms with E-state index >= 15 is 0 Å². The minimum absolute atomic E-state index is 0.228. The van der Waals surface area contributed by atoms with E-state index in [4.69, 9.17) is 23.7 Å². The molecule has 3 aromatic rings. The lowest BCUT2D eigenvalue weighted by molar-refractivity contribution is -0.366. The highest BCUT2D eigenvalue weighted by Crippen LogP contribution is 2.39. The highest BCUT2D eigenvalue weighted by molar-refractivity contribution is 5.70. The number of rotatable bonds is 12. The molecule has 0 aromatic heterocycles. The molecule has 0 saturated carbocycles. The first-order valence-electron chi connectivity index (χ1n) is 13.4. The minimum atomic E-state index is -1.18. The molecule has 0 aliphatic carbocycles. The van der Waals surface area contributed by atoms with E-state index in [9.17, 15) is 9.90 Å². The van der Waals surface area contributed by atoms with Crippen LogP contribution in [0, 0.1) is 0 Å². The van der Waals surface area contributed by atoms with Gasteiger partial charge in [-0.25, -0.2) is 0 Å². The first-order valence-corrected chi connectivity index (χ1v) is 13.4. The van der Waals surface area contributed by atoms with Gasteiger partial charge in [0.15, 0.2) is 5.79 Å². The number of hydrogen-bond acceptors (Lipinski definition) is 7. The summed E-state index contributed by atoms with van der Waals surface area (Å²) in [5.41, 5.74) is 2.88. The molecule has 0 unspecified atom stereocenters. The Morgan fingerprint density at radius 1 is 0.846 bits per heavy atom. The second-order valence-corrected chi connectivity index (χ2v) is 10.0. The van der Waals surface area contributed by atoms with Gasteiger partial charge in [-0.1, -0.05) is 91.0 Å². The Labute approximate surface area is 230 Å². The number of carbonyl (C=O) groups is 1. The van der Waals surface area contributed by atoms with Crippen LogP contribution in [0.1, 0.15) is 50.0 Å². The van der Waals surface area contributed by atoms with Crippen molar-refractivity contribution < 1.29 is 33.6 Å². The lowest BCUT2D eigenvalue weighted by Crippen LogP contribution is -2.61. The van der Waals surface area contributed by atoms with Crippen LogP contribution in [0.25, 0.3) is 0 Å². The summed E-state index contributed by atoms with van der Waals surface area (Å²) in [7, 11) is 0. The molecule has 1 fully saturated rings.